The third-order valence-electron chi connectivity index (χ3n) is 3.67. The van der Waals surface area contributed by atoms with Crippen LogP contribution in [0, 0.1) is 6.92 Å². The average Bonchev–Trinajstić information content (AvgIpc) is 2.66. The van der Waals surface area contributed by atoms with Crippen LogP contribution in [0.5, 0.6) is 0 Å². The van der Waals surface area contributed by atoms with Crippen molar-refractivity contribution >= 4 is 27.4 Å². The number of aromatic nitrogens is 1. The first-order valence-electron chi connectivity index (χ1n) is 7.32. The van der Waals surface area contributed by atoms with Crippen molar-refractivity contribution in [3.63, 3.8) is 0 Å². The van der Waals surface area contributed by atoms with Gasteiger partial charge in [0.05, 0.1) is 4.90 Å². The number of rotatable bonds is 3. The lowest BCUT2D eigenvalue weighted by Gasteiger charge is -2.11. The molecule has 0 spiro atoms. The van der Waals surface area contributed by atoms with E-state index in [0.29, 0.717) is 24.9 Å². The lowest BCUT2D eigenvalue weighted by atomic mass is 10.1. The number of pyridine rings is 1. The fourth-order valence-electron chi connectivity index (χ4n) is 2.51. The summed E-state index contributed by atoms with van der Waals surface area (Å²) in [6, 6.07) is 8.20. The number of sulfonamides is 1. The van der Waals surface area contributed by atoms with Crippen molar-refractivity contribution in [1.82, 2.24) is 4.98 Å². The van der Waals surface area contributed by atoms with Gasteiger partial charge in [0.15, 0.2) is 0 Å². The Morgan fingerprint density at radius 1 is 1.17 bits per heavy atom. The molecule has 1 aromatic heterocycles. The van der Waals surface area contributed by atoms with Gasteiger partial charge in [-0.1, -0.05) is 0 Å². The standard InChI is InChI=1S/C16H17N3O3S/c1-11-7-8-17-15(9-11)19-23(21,22)13-5-6-14-12(10-13)3-2-4-16(20)18-14/h5-10H,2-4H2,1H3,(H,17,19)(H,18,20). The zero-order chi connectivity index (χ0) is 16.4. The monoisotopic (exact) mass is 331 g/mol. The second-order valence-corrected chi connectivity index (χ2v) is 7.23. The highest BCUT2D eigenvalue weighted by Crippen LogP contribution is 2.26. The van der Waals surface area contributed by atoms with Crippen molar-refractivity contribution in [2.75, 3.05) is 10.0 Å². The first-order valence-corrected chi connectivity index (χ1v) is 8.81. The predicted molar refractivity (Wildman–Crippen MR) is 87.8 cm³/mol. The number of hydrogen-bond donors (Lipinski definition) is 2. The van der Waals surface area contributed by atoms with E-state index in [-0.39, 0.29) is 16.6 Å². The molecule has 0 unspecified atom stereocenters. The summed E-state index contributed by atoms with van der Waals surface area (Å²) in [5.41, 5.74) is 2.43. The molecule has 0 fully saturated rings. The van der Waals surface area contributed by atoms with Gasteiger partial charge in [-0.3, -0.25) is 9.52 Å². The zero-order valence-corrected chi connectivity index (χ0v) is 13.5. The summed E-state index contributed by atoms with van der Waals surface area (Å²) in [5.74, 6) is 0.245. The van der Waals surface area contributed by atoms with Crippen LogP contribution >= 0.6 is 0 Å². The van der Waals surface area contributed by atoms with Gasteiger partial charge in [0, 0.05) is 18.3 Å². The number of amides is 1. The Morgan fingerprint density at radius 3 is 2.78 bits per heavy atom. The van der Waals surface area contributed by atoms with Gasteiger partial charge >= 0.3 is 0 Å². The minimum atomic E-state index is -3.71. The molecule has 6 nitrogen and oxygen atoms in total. The van der Waals surface area contributed by atoms with Gasteiger partial charge in [0.1, 0.15) is 5.82 Å². The average molecular weight is 331 g/mol. The van der Waals surface area contributed by atoms with E-state index in [1.165, 1.54) is 6.07 Å². The van der Waals surface area contributed by atoms with Crippen LogP contribution in [0.3, 0.4) is 0 Å². The van der Waals surface area contributed by atoms with E-state index in [1.54, 1.807) is 30.5 Å². The topological polar surface area (TPSA) is 88.2 Å². The minimum Gasteiger partial charge on any atom is -0.326 e. The number of carbonyl (C=O) groups is 1. The number of carbonyl (C=O) groups excluding carboxylic acids is 1. The van der Waals surface area contributed by atoms with Gasteiger partial charge in [0.25, 0.3) is 10.0 Å². The summed E-state index contributed by atoms with van der Waals surface area (Å²) in [7, 11) is -3.71. The molecule has 1 aromatic carbocycles. The van der Waals surface area contributed by atoms with E-state index in [1.807, 2.05) is 6.92 Å². The first-order chi connectivity index (χ1) is 10.9. The maximum absolute atomic E-state index is 12.5. The number of aryl methyl sites for hydroxylation is 2. The van der Waals surface area contributed by atoms with E-state index in [0.717, 1.165) is 11.1 Å². The van der Waals surface area contributed by atoms with E-state index in [4.69, 9.17) is 0 Å². The van der Waals surface area contributed by atoms with Crippen LogP contribution in [0.25, 0.3) is 0 Å². The molecule has 0 aliphatic carbocycles. The van der Waals surface area contributed by atoms with Crippen LogP contribution in [0.2, 0.25) is 0 Å². The number of nitrogens with one attached hydrogen (secondary N) is 2. The van der Waals surface area contributed by atoms with Crippen molar-refractivity contribution in [3.8, 4) is 0 Å². The highest BCUT2D eigenvalue weighted by molar-refractivity contribution is 7.92. The predicted octanol–water partition coefficient (Wildman–Crippen LogP) is 2.47. The number of nitrogens with zero attached hydrogens (tertiary/aromatic N) is 1. The van der Waals surface area contributed by atoms with Crippen LogP contribution < -0.4 is 10.0 Å². The molecule has 2 heterocycles. The number of fused-ring (bicyclic) bond motifs is 1. The van der Waals surface area contributed by atoms with Crippen LogP contribution in [0.1, 0.15) is 24.0 Å². The molecule has 0 radical (unpaired) electrons. The largest absolute Gasteiger partial charge is 0.326 e. The Morgan fingerprint density at radius 2 is 2.00 bits per heavy atom. The Kier molecular flexibility index (Phi) is 4.04. The normalized spacial score (nSPS) is 14.6. The molecule has 3 rings (SSSR count). The molecule has 2 aromatic rings. The molecule has 0 atom stereocenters. The highest BCUT2D eigenvalue weighted by Gasteiger charge is 2.19. The molecule has 120 valence electrons. The maximum atomic E-state index is 12.5. The molecule has 0 saturated carbocycles. The Labute approximate surface area is 135 Å². The second kappa shape index (κ2) is 6.00. The zero-order valence-electron chi connectivity index (χ0n) is 12.7. The fraction of sp³-hybridized carbons (Fsp3) is 0.250. The molecule has 0 bridgehead atoms. The minimum absolute atomic E-state index is 0.0403. The third kappa shape index (κ3) is 3.50. The summed E-state index contributed by atoms with van der Waals surface area (Å²) >= 11 is 0. The molecule has 1 amide bonds. The summed E-state index contributed by atoms with van der Waals surface area (Å²) in [6.45, 7) is 1.87. The molecular formula is C16H17N3O3S. The van der Waals surface area contributed by atoms with Gasteiger partial charge in [-0.2, -0.15) is 0 Å². The highest BCUT2D eigenvalue weighted by atomic mass is 32.2. The van der Waals surface area contributed by atoms with Crippen molar-refractivity contribution in [1.29, 1.82) is 0 Å². The number of anilines is 2. The molecule has 23 heavy (non-hydrogen) atoms. The number of benzene rings is 1. The van der Waals surface area contributed by atoms with Gasteiger partial charge in [0.2, 0.25) is 5.91 Å². The Hall–Kier alpha value is -2.41. The second-order valence-electron chi connectivity index (χ2n) is 5.54. The van der Waals surface area contributed by atoms with Crippen molar-refractivity contribution in [2.24, 2.45) is 0 Å². The maximum Gasteiger partial charge on any atom is 0.263 e. The molecule has 7 heteroatoms. The van der Waals surface area contributed by atoms with Gasteiger partial charge in [-0.05, 0) is 61.2 Å². The van der Waals surface area contributed by atoms with Crippen molar-refractivity contribution in [2.45, 2.75) is 31.1 Å². The van der Waals surface area contributed by atoms with Gasteiger partial charge in [-0.25, -0.2) is 13.4 Å². The molecule has 1 aliphatic rings. The smallest absolute Gasteiger partial charge is 0.263 e. The summed E-state index contributed by atoms with van der Waals surface area (Å²) in [4.78, 5) is 15.7. The number of hydrogen-bond acceptors (Lipinski definition) is 4. The third-order valence-corrected chi connectivity index (χ3v) is 5.02. The summed E-state index contributed by atoms with van der Waals surface area (Å²) < 4.78 is 27.5. The van der Waals surface area contributed by atoms with E-state index in [9.17, 15) is 13.2 Å². The Balaban J connectivity index is 1.91. The van der Waals surface area contributed by atoms with Crippen molar-refractivity contribution < 1.29 is 13.2 Å². The first kappa shape index (κ1) is 15.5. The van der Waals surface area contributed by atoms with E-state index >= 15 is 0 Å². The van der Waals surface area contributed by atoms with E-state index in [2.05, 4.69) is 15.0 Å². The molecular weight excluding hydrogens is 314 g/mol. The van der Waals surface area contributed by atoms with Crippen LogP contribution in [0.4, 0.5) is 11.5 Å². The van der Waals surface area contributed by atoms with E-state index < -0.39 is 10.0 Å². The molecule has 1 aliphatic heterocycles. The fourth-order valence-corrected chi connectivity index (χ4v) is 3.56. The molecule has 0 saturated heterocycles. The lowest BCUT2D eigenvalue weighted by molar-refractivity contribution is -0.116. The quantitative estimate of drug-likeness (QED) is 0.904. The van der Waals surface area contributed by atoms with Crippen LogP contribution in [0.15, 0.2) is 41.4 Å². The SMILES string of the molecule is Cc1ccnc(NS(=O)(=O)c2ccc3c(c2)CCCC(=O)N3)c1. The summed E-state index contributed by atoms with van der Waals surface area (Å²) in [5, 5.41) is 2.79. The van der Waals surface area contributed by atoms with Crippen LogP contribution in [-0.4, -0.2) is 19.3 Å². The lowest BCUT2D eigenvalue weighted by Crippen LogP contribution is -2.15. The summed E-state index contributed by atoms with van der Waals surface area (Å²) in [6.07, 6.45) is 3.37. The Bertz CT molecular complexity index is 863. The van der Waals surface area contributed by atoms with Gasteiger partial charge in [-0.15, -0.1) is 0 Å². The molecule has 2 N–H and O–H groups in total. The van der Waals surface area contributed by atoms with Crippen LogP contribution in [-0.2, 0) is 21.2 Å². The van der Waals surface area contributed by atoms with Crippen molar-refractivity contribution in [3.05, 3.63) is 47.7 Å². The van der Waals surface area contributed by atoms with Gasteiger partial charge < -0.3 is 5.32 Å².